The van der Waals surface area contributed by atoms with E-state index < -0.39 is 23.0 Å². The Bertz CT molecular complexity index is 623. The van der Waals surface area contributed by atoms with E-state index in [2.05, 4.69) is 0 Å². The minimum absolute atomic E-state index is 0.0981. The first-order valence-electron chi connectivity index (χ1n) is 5.36. The molecular weight excluding hydrogens is 236 g/mol. The first kappa shape index (κ1) is 12.2. The number of halogens is 2. The zero-order valence-electron chi connectivity index (χ0n) is 9.71. The fourth-order valence-corrected chi connectivity index (χ4v) is 1.70. The van der Waals surface area contributed by atoms with Crippen LogP contribution >= 0.6 is 0 Å². The molecule has 2 rings (SSSR count). The monoisotopic (exact) mass is 247 g/mol. The van der Waals surface area contributed by atoms with Gasteiger partial charge in [0, 0.05) is 11.3 Å². The molecule has 2 N–H and O–H groups in total. The molecule has 0 unspecified atom stereocenters. The van der Waals surface area contributed by atoms with Crippen LogP contribution in [0.5, 0.6) is 0 Å². The molecule has 0 fully saturated rings. The predicted molar refractivity (Wildman–Crippen MR) is 65.4 cm³/mol. The number of nitrogens with two attached hydrogens (primary N) is 1. The Morgan fingerprint density at radius 3 is 2.44 bits per heavy atom. The third-order valence-corrected chi connectivity index (χ3v) is 2.72. The van der Waals surface area contributed by atoms with Gasteiger partial charge in [0.25, 0.3) is 0 Å². The number of anilines is 1. The summed E-state index contributed by atoms with van der Waals surface area (Å²) in [6.07, 6.45) is 0. The number of aryl methyl sites for hydroxylation is 1. The summed E-state index contributed by atoms with van der Waals surface area (Å²) in [5.74, 6) is -2.47. The Labute approximate surface area is 103 Å². The van der Waals surface area contributed by atoms with Gasteiger partial charge in [0.1, 0.15) is 11.6 Å². The summed E-state index contributed by atoms with van der Waals surface area (Å²) in [4.78, 5) is 12.1. The van der Waals surface area contributed by atoms with E-state index in [1.54, 1.807) is 12.1 Å². The van der Waals surface area contributed by atoms with Gasteiger partial charge in [-0.25, -0.2) is 8.78 Å². The lowest BCUT2D eigenvalue weighted by Gasteiger charge is -2.08. The maximum atomic E-state index is 13.8. The molecule has 0 bridgehead atoms. The van der Waals surface area contributed by atoms with Crippen LogP contribution in [-0.4, -0.2) is 5.78 Å². The largest absolute Gasteiger partial charge is 0.398 e. The molecule has 0 aliphatic rings. The second-order valence-electron chi connectivity index (χ2n) is 3.97. The highest BCUT2D eigenvalue weighted by atomic mass is 19.1. The molecule has 0 heterocycles. The first-order valence-corrected chi connectivity index (χ1v) is 5.36. The molecule has 0 spiro atoms. The van der Waals surface area contributed by atoms with Crippen LogP contribution in [-0.2, 0) is 0 Å². The van der Waals surface area contributed by atoms with E-state index in [4.69, 9.17) is 5.73 Å². The average Bonchev–Trinajstić information content (AvgIpc) is 2.35. The summed E-state index contributed by atoms with van der Waals surface area (Å²) < 4.78 is 27.4. The highest BCUT2D eigenvalue weighted by molar-refractivity contribution is 6.12. The lowest BCUT2D eigenvalue weighted by atomic mass is 9.99. The van der Waals surface area contributed by atoms with Gasteiger partial charge < -0.3 is 5.73 Å². The summed E-state index contributed by atoms with van der Waals surface area (Å²) in [5.41, 5.74) is 5.58. The molecule has 0 amide bonds. The van der Waals surface area contributed by atoms with Gasteiger partial charge in [0.2, 0.25) is 5.78 Å². The molecule has 4 heteroatoms. The van der Waals surface area contributed by atoms with E-state index in [1.807, 2.05) is 0 Å². The summed E-state index contributed by atoms with van der Waals surface area (Å²) in [6, 6.07) is 8.56. The Balaban J connectivity index is 2.61. The van der Waals surface area contributed by atoms with E-state index in [1.165, 1.54) is 25.1 Å². The molecule has 0 saturated carbocycles. The van der Waals surface area contributed by atoms with Crippen LogP contribution in [0.2, 0.25) is 0 Å². The van der Waals surface area contributed by atoms with Crippen molar-refractivity contribution >= 4 is 11.5 Å². The van der Waals surface area contributed by atoms with Crippen molar-refractivity contribution in [1.29, 1.82) is 0 Å². The Morgan fingerprint density at radius 2 is 1.78 bits per heavy atom. The number of carbonyl (C=O) groups excluding carboxylic acids is 1. The van der Waals surface area contributed by atoms with Gasteiger partial charge >= 0.3 is 0 Å². The topological polar surface area (TPSA) is 43.1 Å². The number of rotatable bonds is 2. The van der Waals surface area contributed by atoms with Crippen molar-refractivity contribution in [2.24, 2.45) is 0 Å². The van der Waals surface area contributed by atoms with Gasteiger partial charge in [0.15, 0.2) is 0 Å². The third-order valence-electron chi connectivity index (χ3n) is 2.72. The van der Waals surface area contributed by atoms with Gasteiger partial charge in [-0.2, -0.15) is 0 Å². The molecule has 92 valence electrons. The number of carbonyl (C=O) groups is 1. The van der Waals surface area contributed by atoms with Crippen molar-refractivity contribution < 1.29 is 13.6 Å². The van der Waals surface area contributed by atoms with Crippen molar-refractivity contribution in [3.8, 4) is 0 Å². The molecule has 2 aromatic carbocycles. The smallest absolute Gasteiger partial charge is 0.201 e. The van der Waals surface area contributed by atoms with Crippen molar-refractivity contribution in [3.05, 3.63) is 64.7 Å². The molecule has 2 nitrogen and oxygen atoms in total. The summed E-state index contributed by atoms with van der Waals surface area (Å²) in [6.45, 7) is 1.47. The summed E-state index contributed by atoms with van der Waals surface area (Å²) in [7, 11) is 0. The lowest BCUT2D eigenvalue weighted by Crippen LogP contribution is -2.10. The molecule has 18 heavy (non-hydrogen) atoms. The Morgan fingerprint density at radius 1 is 1.11 bits per heavy atom. The second-order valence-corrected chi connectivity index (χ2v) is 3.97. The highest BCUT2D eigenvalue weighted by Crippen LogP contribution is 2.22. The van der Waals surface area contributed by atoms with E-state index >= 15 is 0 Å². The Kier molecular flexibility index (Phi) is 3.10. The molecule has 0 aliphatic carbocycles. The van der Waals surface area contributed by atoms with Gasteiger partial charge in [-0.1, -0.05) is 18.2 Å². The zero-order chi connectivity index (χ0) is 13.3. The molecule has 0 radical (unpaired) electrons. The molecule has 0 aliphatic heterocycles. The number of hydrogen-bond donors (Lipinski definition) is 1. The molecule has 2 aromatic rings. The van der Waals surface area contributed by atoms with Gasteiger partial charge in [0.05, 0.1) is 5.56 Å². The van der Waals surface area contributed by atoms with Crippen molar-refractivity contribution in [3.63, 3.8) is 0 Å². The van der Waals surface area contributed by atoms with Gasteiger partial charge in [-0.05, 0) is 30.7 Å². The van der Waals surface area contributed by atoms with Crippen LogP contribution in [0.25, 0.3) is 0 Å². The van der Waals surface area contributed by atoms with Crippen LogP contribution in [0.1, 0.15) is 21.5 Å². The third kappa shape index (κ3) is 1.97. The zero-order valence-corrected chi connectivity index (χ0v) is 9.71. The first-order chi connectivity index (χ1) is 8.52. The molecular formula is C14H11F2NO. The molecule has 0 atom stereocenters. The fourth-order valence-electron chi connectivity index (χ4n) is 1.70. The SMILES string of the molecule is Cc1ccc(F)c(C(=O)c2ccccc2N)c1F. The number of ketones is 1. The normalized spacial score (nSPS) is 10.4. The number of hydrogen-bond acceptors (Lipinski definition) is 2. The van der Waals surface area contributed by atoms with Crippen LogP contribution in [0.15, 0.2) is 36.4 Å². The van der Waals surface area contributed by atoms with E-state index in [-0.39, 0.29) is 16.8 Å². The van der Waals surface area contributed by atoms with E-state index in [0.29, 0.717) is 0 Å². The van der Waals surface area contributed by atoms with Gasteiger partial charge in [-0.3, -0.25) is 4.79 Å². The number of nitrogen functional groups attached to an aromatic ring is 1. The maximum absolute atomic E-state index is 13.8. The van der Waals surface area contributed by atoms with Crippen LogP contribution < -0.4 is 5.73 Å². The second kappa shape index (κ2) is 4.56. The van der Waals surface area contributed by atoms with Crippen molar-refractivity contribution in [2.75, 3.05) is 5.73 Å². The summed E-state index contributed by atoms with van der Waals surface area (Å²) >= 11 is 0. The minimum atomic E-state index is -0.883. The van der Waals surface area contributed by atoms with Crippen LogP contribution in [0, 0.1) is 18.6 Å². The van der Waals surface area contributed by atoms with Crippen LogP contribution in [0.3, 0.4) is 0 Å². The quantitative estimate of drug-likeness (QED) is 0.654. The van der Waals surface area contributed by atoms with Crippen molar-refractivity contribution in [2.45, 2.75) is 6.92 Å². The lowest BCUT2D eigenvalue weighted by molar-refractivity contribution is 0.103. The fraction of sp³-hybridized carbons (Fsp3) is 0.0714. The predicted octanol–water partition coefficient (Wildman–Crippen LogP) is 3.09. The standard InChI is InChI=1S/C14H11F2NO/c1-8-6-7-10(15)12(13(8)16)14(18)9-4-2-3-5-11(9)17/h2-7H,17H2,1H3. The minimum Gasteiger partial charge on any atom is -0.398 e. The molecule has 0 aromatic heterocycles. The van der Waals surface area contributed by atoms with Crippen molar-refractivity contribution in [1.82, 2.24) is 0 Å². The number of benzene rings is 2. The Hall–Kier alpha value is -2.23. The van der Waals surface area contributed by atoms with Gasteiger partial charge in [-0.15, -0.1) is 0 Å². The molecule has 0 saturated heterocycles. The average molecular weight is 247 g/mol. The van der Waals surface area contributed by atoms with Crippen LogP contribution in [0.4, 0.5) is 14.5 Å². The highest BCUT2D eigenvalue weighted by Gasteiger charge is 2.21. The summed E-state index contributed by atoms with van der Waals surface area (Å²) in [5, 5.41) is 0. The van der Waals surface area contributed by atoms with E-state index in [0.717, 1.165) is 6.07 Å². The maximum Gasteiger partial charge on any atom is 0.201 e. The van der Waals surface area contributed by atoms with E-state index in [9.17, 15) is 13.6 Å². The number of para-hydroxylation sites is 1.